The number of ether oxygens (including phenoxy) is 2. The first-order valence-electron chi connectivity index (χ1n) is 7.66. The Bertz CT molecular complexity index is 992. The number of nitrogens with one attached hydrogen (secondary N) is 2. The van der Waals surface area contributed by atoms with Crippen molar-refractivity contribution in [3.8, 4) is 0 Å². The van der Waals surface area contributed by atoms with Crippen molar-refractivity contribution in [1.29, 1.82) is 0 Å². The molecule has 0 unspecified atom stereocenters. The van der Waals surface area contributed by atoms with Crippen molar-refractivity contribution < 1.29 is 27.6 Å². The van der Waals surface area contributed by atoms with E-state index in [1.807, 2.05) is 0 Å². The normalized spacial score (nSPS) is 11.3. The number of nitro groups is 1. The number of methoxy groups -OCH3 is 2. The van der Waals surface area contributed by atoms with E-state index in [0.29, 0.717) is 11.4 Å². The van der Waals surface area contributed by atoms with Crippen molar-refractivity contribution in [1.82, 2.24) is 14.7 Å². The van der Waals surface area contributed by atoms with Crippen LogP contribution in [0, 0.1) is 17.0 Å². The SMILES string of the molecule is COC(OC)c1cc(C)nc(NC(=O)NS(=O)(=O)c2ccccc2[N+](=O)[O-])n1. The molecule has 13 heteroatoms. The van der Waals surface area contributed by atoms with Gasteiger partial charge in [0.15, 0.2) is 4.90 Å². The Kier molecular flexibility index (Phi) is 6.56. The van der Waals surface area contributed by atoms with Crippen molar-refractivity contribution >= 4 is 27.7 Å². The lowest BCUT2D eigenvalue weighted by Crippen LogP contribution is -2.35. The highest BCUT2D eigenvalue weighted by atomic mass is 32.2. The summed E-state index contributed by atoms with van der Waals surface area (Å²) >= 11 is 0. The van der Waals surface area contributed by atoms with Gasteiger partial charge in [0.2, 0.25) is 12.2 Å². The maximum absolute atomic E-state index is 12.3. The van der Waals surface area contributed by atoms with Crippen LogP contribution in [-0.2, 0) is 19.5 Å². The summed E-state index contributed by atoms with van der Waals surface area (Å²) in [7, 11) is -1.72. The van der Waals surface area contributed by atoms with Crippen molar-refractivity contribution in [2.45, 2.75) is 18.1 Å². The average molecular weight is 411 g/mol. The Morgan fingerprint density at radius 3 is 2.46 bits per heavy atom. The van der Waals surface area contributed by atoms with E-state index < -0.39 is 37.9 Å². The summed E-state index contributed by atoms with van der Waals surface area (Å²) in [4.78, 5) is 29.6. The highest BCUT2D eigenvalue weighted by molar-refractivity contribution is 7.90. The van der Waals surface area contributed by atoms with Crippen molar-refractivity contribution in [3.05, 3.63) is 51.8 Å². The van der Waals surface area contributed by atoms with Gasteiger partial charge in [-0.3, -0.25) is 15.4 Å². The lowest BCUT2D eigenvalue weighted by molar-refractivity contribution is -0.387. The van der Waals surface area contributed by atoms with E-state index >= 15 is 0 Å². The summed E-state index contributed by atoms with van der Waals surface area (Å²) in [5.74, 6) is -0.204. The first kappa shape index (κ1) is 21.1. The van der Waals surface area contributed by atoms with Crippen molar-refractivity contribution in [3.63, 3.8) is 0 Å². The fourth-order valence-electron chi connectivity index (χ4n) is 2.25. The lowest BCUT2D eigenvalue weighted by Gasteiger charge is -2.14. The molecule has 1 aromatic heterocycles. The number of amides is 2. The molecule has 0 saturated heterocycles. The Morgan fingerprint density at radius 1 is 1.21 bits per heavy atom. The molecule has 1 aromatic carbocycles. The largest absolute Gasteiger partial charge is 0.350 e. The minimum Gasteiger partial charge on any atom is -0.350 e. The summed E-state index contributed by atoms with van der Waals surface area (Å²) in [5, 5.41) is 13.2. The van der Waals surface area contributed by atoms with E-state index in [-0.39, 0.29) is 5.95 Å². The van der Waals surface area contributed by atoms with Crippen LogP contribution in [0.4, 0.5) is 16.4 Å². The second-order valence-electron chi connectivity index (χ2n) is 5.35. The molecule has 0 fully saturated rings. The average Bonchev–Trinajstić information content (AvgIpc) is 2.61. The van der Waals surface area contributed by atoms with Crippen molar-refractivity contribution in [2.75, 3.05) is 19.5 Å². The summed E-state index contributed by atoms with van der Waals surface area (Å²) < 4.78 is 36.5. The van der Waals surface area contributed by atoms with Gasteiger partial charge in [0.05, 0.1) is 4.92 Å². The number of urea groups is 1. The highest BCUT2D eigenvalue weighted by Gasteiger charge is 2.27. The number of hydrogen-bond acceptors (Lipinski definition) is 9. The summed E-state index contributed by atoms with van der Waals surface area (Å²) in [5.41, 5.74) is 0.0928. The maximum atomic E-state index is 12.3. The van der Waals surface area contributed by atoms with Gasteiger partial charge in [-0.25, -0.2) is 27.9 Å². The third-order valence-corrected chi connectivity index (χ3v) is 4.73. The van der Waals surface area contributed by atoms with Gasteiger partial charge in [0, 0.05) is 26.0 Å². The molecule has 2 rings (SSSR count). The molecule has 150 valence electrons. The molecule has 2 N–H and O–H groups in total. The molecule has 0 radical (unpaired) electrons. The van der Waals surface area contributed by atoms with Gasteiger partial charge in [0.1, 0.15) is 5.69 Å². The van der Waals surface area contributed by atoms with Crippen LogP contribution in [0.2, 0.25) is 0 Å². The van der Waals surface area contributed by atoms with E-state index in [1.165, 1.54) is 26.4 Å². The molecule has 0 spiro atoms. The van der Waals surface area contributed by atoms with E-state index in [4.69, 9.17) is 9.47 Å². The summed E-state index contributed by atoms with van der Waals surface area (Å²) in [6, 6.07) is 4.99. The predicted octanol–water partition coefficient (Wildman–Crippen LogP) is 1.50. The third kappa shape index (κ3) is 4.97. The standard InChI is InChI=1S/C15H17N5O7S/c1-9-8-10(13(26-2)27-3)17-14(16-9)18-15(21)19-28(24,25)12-7-5-4-6-11(12)20(22)23/h4-8,13H,1-3H3,(H2,16,17,18,19,21). The van der Waals surface area contributed by atoms with E-state index in [0.717, 1.165) is 12.1 Å². The number of anilines is 1. The van der Waals surface area contributed by atoms with Crippen LogP contribution in [0.3, 0.4) is 0 Å². The van der Waals surface area contributed by atoms with Gasteiger partial charge >= 0.3 is 6.03 Å². The van der Waals surface area contributed by atoms with E-state index in [9.17, 15) is 23.3 Å². The number of nitrogens with zero attached hydrogens (tertiary/aromatic N) is 3. The fraction of sp³-hybridized carbons (Fsp3) is 0.267. The zero-order chi connectivity index (χ0) is 20.9. The Hall–Kier alpha value is -3.16. The lowest BCUT2D eigenvalue weighted by atomic mass is 10.3. The number of carbonyl (C=O) groups excluding carboxylic acids is 1. The van der Waals surface area contributed by atoms with Crippen molar-refractivity contribution in [2.24, 2.45) is 0 Å². The molecular formula is C15H17N5O7S. The molecule has 28 heavy (non-hydrogen) atoms. The predicted molar refractivity (Wildman–Crippen MR) is 96.0 cm³/mol. The van der Waals surface area contributed by atoms with Crippen LogP contribution in [0.1, 0.15) is 17.7 Å². The van der Waals surface area contributed by atoms with Crippen LogP contribution < -0.4 is 10.0 Å². The van der Waals surface area contributed by atoms with Crippen LogP contribution in [0.25, 0.3) is 0 Å². The number of rotatable bonds is 7. The molecule has 0 atom stereocenters. The van der Waals surface area contributed by atoms with Crippen LogP contribution >= 0.6 is 0 Å². The number of nitro benzene ring substituents is 1. The molecule has 1 heterocycles. The number of benzene rings is 1. The second-order valence-corrected chi connectivity index (χ2v) is 7.00. The monoisotopic (exact) mass is 411 g/mol. The van der Waals surface area contributed by atoms with Gasteiger partial charge in [-0.05, 0) is 19.1 Å². The zero-order valence-corrected chi connectivity index (χ0v) is 15.9. The highest BCUT2D eigenvalue weighted by Crippen LogP contribution is 2.22. The maximum Gasteiger partial charge on any atom is 0.335 e. The van der Waals surface area contributed by atoms with E-state index in [2.05, 4.69) is 15.3 Å². The molecule has 0 aliphatic rings. The minimum absolute atomic E-state index is 0.204. The Morgan fingerprint density at radius 2 is 1.86 bits per heavy atom. The smallest absolute Gasteiger partial charge is 0.335 e. The number of carbonyl (C=O) groups is 1. The van der Waals surface area contributed by atoms with Gasteiger partial charge in [-0.2, -0.15) is 0 Å². The molecule has 0 bridgehead atoms. The van der Waals surface area contributed by atoms with Gasteiger partial charge in [0.25, 0.3) is 15.7 Å². The second kappa shape index (κ2) is 8.69. The van der Waals surface area contributed by atoms with E-state index in [1.54, 1.807) is 17.7 Å². The molecule has 0 aliphatic heterocycles. The third-order valence-electron chi connectivity index (χ3n) is 3.35. The number of aromatic nitrogens is 2. The fourth-order valence-corrected chi connectivity index (χ4v) is 3.33. The van der Waals surface area contributed by atoms with Crippen LogP contribution in [0.5, 0.6) is 0 Å². The molecule has 2 aromatic rings. The van der Waals surface area contributed by atoms with Gasteiger partial charge in [-0.15, -0.1) is 0 Å². The Labute approximate surface area is 160 Å². The molecule has 2 amide bonds. The quantitative estimate of drug-likeness (QED) is 0.390. The number of hydrogen-bond donors (Lipinski definition) is 2. The summed E-state index contributed by atoms with van der Waals surface area (Å²) in [6.45, 7) is 1.63. The molecule has 0 saturated carbocycles. The first-order chi connectivity index (χ1) is 13.2. The summed E-state index contributed by atoms with van der Waals surface area (Å²) in [6.07, 6.45) is -0.819. The topological polar surface area (TPSA) is 163 Å². The minimum atomic E-state index is -4.51. The van der Waals surface area contributed by atoms with Gasteiger partial charge < -0.3 is 9.47 Å². The molecule has 0 aliphatic carbocycles. The van der Waals surface area contributed by atoms with Gasteiger partial charge in [-0.1, -0.05) is 12.1 Å². The first-order valence-corrected chi connectivity index (χ1v) is 9.14. The molecule has 12 nitrogen and oxygen atoms in total. The van der Waals surface area contributed by atoms with Crippen LogP contribution in [-0.4, -0.2) is 43.6 Å². The number of para-hydroxylation sites is 1. The Balaban J connectivity index is 2.24. The zero-order valence-electron chi connectivity index (χ0n) is 15.1. The van der Waals surface area contributed by atoms with Crippen LogP contribution in [0.15, 0.2) is 35.2 Å². The number of aryl methyl sites for hydroxylation is 1. The number of sulfonamides is 1. The molecular weight excluding hydrogens is 394 g/mol.